The predicted molar refractivity (Wildman–Crippen MR) is 88.1 cm³/mol. The maximum absolute atomic E-state index is 12.2. The Kier molecular flexibility index (Phi) is 4.48. The van der Waals surface area contributed by atoms with E-state index in [-0.39, 0.29) is 6.23 Å². The van der Waals surface area contributed by atoms with Gasteiger partial charge in [0.15, 0.2) is 0 Å². The minimum absolute atomic E-state index is 0.168. The van der Waals surface area contributed by atoms with E-state index in [1.165, 1.54) is 7.11 Å². The number of ether oxygens (including phenoxy) is 2. The average molecular weight is 336 g/mol. The molecule has 2 aliphatic heterocycles. The largest absolute Gasteiger partial charge is 0.517 e. The molecule has 3 heterocycles. The second kappa shape index (κ2) is 6.17. The maximum Gasteiger partial charge on any atom is 0.517 e. The van der Waals surface area contributed by atoms with Crippen molar-refractivity contribution in [2.45, 2.75) is 64.4 Å². The van der Waals surface area contributed by atoms with Crippen molar-refractivity contribution in [2.24, 2.45) is 0 Å². The van der Waals surface area contributed by atoms with E-state index < -0.39 is 24.3 Å². The van der Waals surface area contributed by atoms with Crippen LogP contribution in [0.5, 0.6) is 0 Å². The average Bonchev–Trinajstić information content (AvgIpc) is 3.07. The molecule has 1 aromatic heterocycles. The molecule has 2 saturated heterocycles. The minimum Gasteiger partial charge on any atom is -0.465 e. The molecule has 0 amide bonds. The second-order valence-corrected chi connectivity index (χ2v) is 7.31. The van der Waals surface area contributed by atoms with Gasteiger partial charge in [-0.05, 0) is 47.0 Å². The fourth-order valence-electron chi connectivity index (χ4n) is 2.88. The lowest BCUT2D eigenvalue weighted by Crippen LogP contribution is -2.41. The smallest absolute Gasteiger partial charge is 0.465 e. The van der Waals surface area contributed by atoms with E-state index in [4.69, 9.17) is 18.8 Å². The Morgan fingerprint density at radius 3 is 2.50 bits per heavy atom. The summed E-state index contributed by atoms with van der Waals surface area (Å²) in [7, 11) is 0.638. The van der Waals surface area contributed by atoms with Gasteiger partial charge in [-0.25, -0.2) is 9.48 Å². The van der Waals surface area contributed by atoms with Crippen LogP contribution in [-0.4, -0.2) is 47.8 Å². The number of esters is 1. The number of methoxy groups -OCH3 is 1. The fraction of sp³-hybridized carbons (Fsp3) is 0.750. The molecule has 1 atom stereocenters. The Bertz CT molecular complexity index is 606. The minimum atomic E-state index is -0.714. The first-order valence-corrected chi connectivity index (χ1v) is 8.40. The van der Waals surface area contributed by atoms with Crippen molar-refractivity contribution in [3.8, 4) is 0 Å². The van der Waals surface area contributed by atoms with Crippen LogP contribution in [0.3, 0.4) is 0 Å². The van der Waals surface area contributed by atoms with Gasteiger partial charge < -0.3 is 18.8 Å². The van der Waals surface area contributed by atoms with Crippen molar-refractivity contribution in [3.63, 3.8) is 0 Å². The Hall–Kier alpha value is -1.38. The van der Waals surface area contributed by atoms with Crippen LogP contribution < -0.4 is 5.59 Å². The highest BCUT2D eigenvalue weighted by Gasteiger charge is 2.54. The van der Waals surface area contributed by atoms with Crippen LogP contribution in [0.2, 0.25) is 0 Å². The molecular weight excluding hydrogens is 311 g/mol. The van der Waals surface area contributed by atoms with Gasteiger partial charge in [0, 0.05) is 12.8 Å². The lowest BCUT2D eigenvalue weighted by Gasteiger charge is -2.32. The highest BCUT2D eigenvalue weighted by molar-refractivity contribution is 6.62. The van der Waals surface area contributed by atoms with Gasteiger partial charge in [-0.3, -0.25) is 0 Å². The van der Waals surface area contributed by atoms with Crippen molar-refractivity contribution in [2.75, 3.05) is 13.7 Å². The van der Waals surface area contributed by atoms with Crippen LogP contribution in [0.25, 0.3) is 0 Å². The van der Waals surface area contributed by atoms with E-state index in [9.17, 15) is 4.79 Å². The van der Waals surface area contributed by atoms with Crippen molar-refractivity contribution in [3.05, 3.63) is 11.8 Å². The molecule has 1 unspecified atom stereocenters. The summed E-state index contributed by atoms with van der Waals surface area (Å²) in [6, 6.07) is 0. The molecule has 3 rings (SSSR count). The quantitative estimate of drug-likeness (QED) is 0.618. The number of carbonyl (C=O) groups excluding carboxylic acids is 1. The van der Waals surface area contributed by atoms with Gasteiger partial charge in [0.1, 0.15) is 11.8 Å². The lowest BCUT2D eigenvalue weighted by atomic mass is 9.82. The summed E-state index contributed by atoms with van der Waals surface area (Å²) >= 11 is 0. The molecule has 8 heteroatoms. The summed E-state index contributed by atoms with van der Waals surface area (Å²) in [5, 5.41) is 4.56. The molecule has 132 valence electrons. The Morgan fingerprint density at radius 1 is 1.29 bits per heavy atom. The first-order valence-electron chi connectivity index (χ1n) is 8.40. The monoisotopic (exact) mass is 336 g/mol. The van der Waals surface area contributed by atoms with Crippen LogP contribution in [0.15, 0.2) is 6.20 Å². The van der Waals surface area contributed by atoms with Gasteiger partial charge in [0.2, 0.25) is 0 Å². The Labute approximate surface area is 142 Å². The van der Waals surface area contributed by atoms with Gasteiger partial charge >= 0.3 is 13.1 Å². The summed E-state index contributed by atoms with van der Waals surface area (Å²) in [6.45, 7) is 8.56. The third-order valence-corrected chi connectivity index (χ3v) is 5.09. The number of rotatable bonds is 3. The molecule has 0 N–H and O–H groups in total. The summed E-state index contributed by atoms with van der Waals surface area (Å²) in [5.41, 5.74) is -0.216. The zero-order valence-electron chi connectivity index (χ0n) is 15.0. The zero-order chi connectivity index (χ0) is 17.5. The molecule has 0 radical (unpaired) electrons. The predicted octanol–water partition coefficient (Wildman–Crippen LogP) is 1.67. The standard InChI is InChI=1S/C16H25BN2O5/c1-15(2)16(3,4)24-17(23-15)13-11(14(20)21-5)10-19(18-13)12-8-6-7-9-22-12/h10,12H,6-9H2,1-5H3. The zero-order valence-corrected chi connectivity index (χ0v) is 15.0. The summed E-state index contributed by atoms with van der Waals surface area (Å²) < 4.78 is 24.4. The van der Waals surface area contributed by atoms with E-state index in [1.54, 1.807) is 10.9 Å². The van der Waals surface area contributed by atoms with Gasteiger partial charge in [-0.1, -0.05) is 0 Å². The first-order chi connectivity index (χ1) is 11.2. The molecule has 1 aromatic rings. The molecule has 2 fully saturated rings. The number of hydrogen-bond donors (Lipinski definition) is 0. The summed E-state index contributed by atoms with van der Waals surface area (Å²) in [5.74, 6) is -0.457. The number of hydrogen-bond acceptors (Lipinski definition) is 6. The normalized spacial score (nSPS) is 25.7. The van der Waals surface area contributed by atoms with E-state index in [2.05, 4.69) is 5.10 Å². The topological polar surface area (TPSA) is 71.8 Å². The van der Waals surface area contributed by atoms with Crippen LogP contribution in [0.1, 0.15) is 63.5 Å². The van der Waals surface area contributed by atoms with E-state index >= 15 is 0 Å². The molecule has 0 bridgehead atoms. The number of aromatic nitrogens is 2. The Balaban J connectivity index is 1.94. The summed E-state index contributed by atoms with van der Waals surface area (Å²) in [4.78, 5) is 12.2. The van der Waals surface area contributed by atoms with Crippen LogP contribution in [0.4, 0.5) is 0 Å². The fourth-order valence-corrected chi connectivity index (χ4v) is 2.88. The lowest BCUT2D eigenvalue weighted by molar-refractivity contribution is -0.0393. The molecule has 0 saturated carbocycles. The molecule has 0 aromatic carbocycles. The van der Waals surface area contributed by atoms with Gasteiger partial charge in [-0.15, -0.1) is 0 Å². The Morgan fingerprint density at radius 2 is 1.96 bits per heavy atom. The highest BCUT2D eigenvalue weighted by Crippen LogP contribution is 2.36. The number of carbonyl (C=O) groups is 1. The second-order valence-electron chi connectivity index (χ2n) is 7.31. The summed E-state index contributed by atoms with van der Waals surface area (Å²) in [6.07, 6.45) is 4.49. The van der Waals surface area contributed by atoms with Crippen LogP contribution in [0, 0.1) is 0 Å². The van der Waals surface area contributed by atoms with Gasteiger partial charge in [0.05, 0.1) is 23.9 Å². The SMILES string of the molecule is COC(=O)c1cn(C2CCCCO2)nc1B1OC(C)(C)C(C)(C)O1. The third kappa shape index (κ3) is 2.98. The van der Waals surface area contributed by atoms with E-state index in [1.807, 2.05) is 27.7 Å². The van der Waals surface area contributed by atoms with Gasteiger partial charge in [-0.2, -0.15) is 5.10 Å². The van der Waals surface area contributed by atoms with E-state index in [0.717, 1.165) is 19.3 Å². The number of nitrogens with zero attached hydrogens (tertiary/aromatic N) is 2. The van der Waals surface area contributed by atoms with Crippen LogP contribution in [-0.2, 0) is 18.8 Å². The molecule has 24 heavy (non-hydrogen) atoms. The van der Waals surface area contributed by atoms with E-state index in [0.29, 0.717) is 17.8 Å². The van der Waals surface area contributed by atoms with Gasteiger partial charge in [0.25, 0.3) is 0 Å². The molecule has 0 aliphatic carbocycles. The van der Waals surface area contributed by atoms with Crippen molar-refractivity contribution in [1.29, 1.82) is 0 Å². The highest BCUT2D eigenvalue weighted by atomic mass is 16.7. The van der Waals surface area contributed by atoms with Crippen LogP contribution >= 0.6 is 0 Å². The van der Waals surface area contributed by atoms with Crippen molar-refractivity contribution in [1.82, 2.24) is 9.78 Å². The molecule has 2 aliphatic rings. The first kappa shape index (κ1) is 17.4. The third-order valence-electron chi connectivity index (χ3n) is 5.09. The van der Waals surface area contributed by atoms with Crippen molar-refractivity contribution >= 4 is 18.7 Å². The van der Waals surface area contributed by atoms with Crippen molar-refractivity contribution < 1.29 is 23.6 Å². The molecule has 0 spiro atoms. The molecule has 7 nitrogen and oxygen atoms in total. The molecular formula is C16H25BN2O5. The maximum atomic E-state index is 12.2.